The average molecular weight is 1090 g/mol. The van der Waals surface area contributed by atoms with E-state index in [0.717, 1.165) is 109 Å². The predicted octanol–water partition coefficient (Wildman–Crippen LogP) is 9.99. The monoisotopic (exact) mass is 1090 g/mol. The summed E-state index contributed by atoms with van der Waals surface area (Å²) in [5, 5.41) is 86.8. The van der Waals surface area contributed by atoms with Gasteiger partial charge in [-0.2, -0.15) is 0 Å². The van der Waals surface area contributed by atoms with Gasteiger partial charge in [-0.15, -0.1) is 0 Å². The summed E-state index contributed by atoms with van der Waals surface area (Å²) in [4.78, 5) is 13.2. The fourth-order valence-electron chi connectivity index (χ4n) is 8.59. The number of ether oxygens (including phenoxy) is 4. The molecule has 0 spiro atoms. The van der Waals surface area contributed by atoms with Crippen LogP contribution in [-0.2, 0) is 23.7 Å². The Morgan fingerprint density at radius 3 is 1.41 bits per heavy atom. The molecule has 0 aromatic rings. The molecule has 12 unspecified atom stereocenters. The second-order valence-corrected chi connectivity index (χ2v) is 20.0. The van der Waals surface area contributed by atoms with Crippen LogP contribution in [0.3, 0.4) is 0 Å². The lowest BCUT2D eigenvalue weighted by Gasteiger charge is -2.46. The van der Waals surface area contributed by atoms with Crippen molar-refractivity contribution in [3.8, 4) is 0 Å². The molecule has 12 atom stereocenters. The van der Waals surface area contributed by atoms with Crippen LogP contribution in [0.25, 0.3) is 0 Å². The van der Waals surface area contributed by atoms with Crippen LogP contribution in [0.2, 0.25) is 0 Å². The highest BCUT2D eigenvalue weighted by atomic mass is 16.7. The summed E-state index contributed by atoms with van der Waals surface area (Å²) in [7, 11) is 0. The molecule has 442 valence electrons. The molecule has 0 saturated carbocycles. The van der Waals surface area contributed by atoms with E-state index in [2.05, 4.69) is 141 Å². The van der Waals surface area contributed by atoms with Crippen molar-refractivity contribution in [1.82, 2.24) is 5.32 Å². The highest BCUT2D eigenvalue weighted by molar-refractivity contribution is 5.76. The van der Waals surface area contributed by atoms with Crippen molar-refractivity contribution in [2.24, 2.45) is 0 Å². The first-order valence-corrected chi connectivity index (χ1v) is 29.4. The van der Waals surface area contributed by atoms with Gasteiger partial charge in [-0.3, -0.25) is 4.79 Å². The SMILES string of the molecule is CC/C=C\C/C=C\C/C=C\C/C=C\C/C=C\C/C=C\C/C=C\C/C=C\C/C=C\CCCCCCCC(=O)NC(COC1OC(CO)C(OC2OC(CO)C(O)C(O)C2O)C(O)C1O)C(O)/C=C/CC/C=C/CCCCCCC. The summed E-state index contributed by atoms with van der Waals surface area (Å²) in [5.74, 6) is -0.277. The van der Waals surface area contributed by atoms with E-state index in [-0.39, 0.29) is 18.9 Å². The predicted molar refractivity (Wildman–Crippen MR) is 313 cm³/mol. The van der Waals surface area contributed by atoms with Gasteiger partial charge in [0.15, 0.2) is 12.6 Å². The Kier molecular flexibility index (Phi) is 43.1. The molecular formula is C64H103NO13. The summed E-state index contributed by atoms with van der Waals surface area (Å²) in [6, 6.07) is -0.951. The lowest BCUT2D eigenvalue weighted by Crippen LogP contribution is -2.65. The van der Waals surface area contributed by atoms with Gasteiger partial charge in [0.05, 0.1) is 32.0 Å². The number of carbonyl (C=O) groups excluding carboxylic acids is 1. The Morgan fingerprint density at radius 1 is 0.474 bits per heavy atom. The average Bonchev–Trinajstić information content (AvgIpc) is 3.47. The van der Waals surface area contributed by atoms with Gasteiger partial charge < -0.3 is 65.1 Å². The van der Waals surface area contributed by atoms with Crippen molar-refractivity contribution >= 4 is 5.91 Å². The molecule has 1 amide bonds. The van der Waals surface area contributed by atoms with Crippen LogP contribution in [0, 0.1) is 0 Å². The third-order valence-electron chi connectivity index (χ3n) is 13.3. The molecule has 2 saturated heterocycles. The fraction of sp³-hybridized carbons (Fsp3) is 0.641. The maximum atomic E-state index is 13.2. The first-order chi connectivity index (χ1) is 38.1. The third kappa shape index (κ3) is 33.0. The van der Waals surface area contributed by atoms with E-state index in [1.54, 1.807) is 6.08 Å². The molecule has 2 aliphatic rings. The molecule has 14 nitrogen and oxygen atoms in total. The summed E-state index contributed by atoms with van der Waals surface area (Å²) < 4.78 is 22.7. The summed E-state index contributed by atoms with van der Waals surface area (Å²) >= 11 is 0. The first-order valence-electron chi connectivity index (χ1n) is 29.4. The van der Waals surface area contributed by atoms with E-state index in [1.807, 2.05) is 6.08 Å². The van der Waals surface area contributed by atoms with Crippen molar-refractivity contribution in [3.05, 3.63) is 134 Å². The van der Waals surface area contributed by atoms with Gasteiger partial charge in [0.25, 0.3) is 0 Å². The zero-order chi connectivity index (χ0) is 56.7. The van der Waals surface area contributed by atoms with Crippen molar-refractivity contribution in [2.45, 2.75) is 242 Å². The van der Waals surface area contributed by atoms with Gasteiger partial charge in [0, 0.05) is 6.42 Å². The van der Waals surface area contributed by atoms with Crippen molar-refractivity contribution in [2.75, 3.05) is 19.8 Å². The number of nitrogens with one attached hydrogen (secondary N) is 1. The van der Waals surface area contributed by atoms with Gasteiger partial charge in [0.2, 0.25) is 5.91 Å². The van der Waals surface area contributed by atoms with E-state index >= 15 is 0 Å². The summed E-state index contributed by atoms with van der Waals surface area (Å²) in [6.07, 6.45) is 53.6. The van der Waals surface area contributed by atoms with E-state index in [1.165, 1.54) is 25.7 Å². The lowest BCUT2D eigenvalue weighted by molar-refractivity contribution is -0.359. The largest absolute Gasteiger partial charge is 0.394 e. The van der Waals surface area contributed by atoms with Gasteiger partial charge >= 0.3 is 0 Å². The molecule has 0 aromatic heterocycles. The second-order valence-electron chi connectivity index (χ2n) is 20.0. The number of aliphatic hydroxyl groups excluding tert-OH is 8. The van der Waals surface area contributed by atoms with Crippen LogP contribution >= 0.6 is 0 Å². The molecule has 0 aromatic carbocycles. The molecule has 9 N–H and O–H groups in total. The quantitative estimate of drug-likeness (QED) is 0.0205. The zero-order valence-electron chi connectivity index (χ0n) is 47.3. The minimum Gasteiger partial charge on any atom is -0.394 e. The molecule has 2 heterocycles. The summed E-state index contributed by atoms with van der Waals surface area (Å²) in [6.45, 7) is 2.58. The Balaban J connectivity index is 1.71. The zero-order valence-corrected chi connectivity index (χ0v) is 47.3. The Labute approximate surface area is 469 Å². The molecule has 2 aliphatic heterocycles. The van der Waals surface area contributed by atoms with Gasteiger partial charge in [-0.1, -0.05) is 192 Å². The highest BCUT2D eigenvalue weighted by Crippen LogP contribution is 2.30. The normalized spacial score (nSPS) is 25.6. The van der Waals surface area contributed by atoms with Gasteiger partial charge in [0.1, 0.15) is 48.8 Å². The fourth-order valence-corrected chi connectivity index (χ4v) is 8.59. The molecule has 14 heteroatoms. The molecule has 78 heavy (non-hydrogen) atoms. The van der Waals surface area contributed by atoms with E-state index in [0.29, 0.717) is 12.8 Å². The molecule has 2 rings (SSSR count). The second kappa shape index (κ2) is 47.9. The topological polar surface area (TPSA) is 228 Å². The minimum atomic E-state index is -1.80. The number of unbranched alkanes of at least 4 members (excludes halogenated alkanes) is 11. The number of hydrogen-bond donors (Lipinski definition) is 9. The van der Waals surface area contributed by atoms with Crippen LogP contribution in [0.15, 0.2) is 134 Å². The molecular weight excluding hydrogens is 991 g/mol. The van der Waals surface area contributed by atoms with E-state index in [4.69, 9.17) is 18.9 Å². The standard InChI is InChI=1S/C64H103NO13/c1-3-5-7-9-11-13-15-16-17-18-19-20-21-22-23-24-25-26-27-28-29-30-31-32-33-34-35-36-38-40-42-44-46-48-56(69)65-52(53(68)47-45-43-41-39-37-14-12-10-8-6-4-2)51-75-63-61(74)59(72)62(55(50-67)77-63)78-64-60(73)58(71)57(70)54(49-66)76-64/h5,7,11,13,16-17,19-20,22-23,25-26,28-29,31-32,34-35,37,39,45,47,52-55,57-64,66-68,70-74H,3-4,6,8-10,12,14-15,18,21,24,27,30,33,36,38,40-44,46,48-51H2,1-2H3,(H,65,69)/b7-5-,13-11-,17-16-,20-19-,23-22-,26-25-,29-28-,32-31-,35-34-,39-37+,47-45+. The van der Waals surface area contributed by atoms with Gasteiger partial charge in [-0.05, 0) is 103 Å². The van der Waals surface area contributed by atoms with E-state index in [9.17, 15) is 45.6 Å². The maximum absolute atomic E-state index is 13.2. The Morgan fingerprint density at radius 2 is 0.897 bits per heavy atom. The van der Waals surface area contributed by atoms with E-state index < -0.39 is 86.8 Å². The van der Waals surface area contributed by atoms with Crippen LogP contribution in [0.5, 0.6) is 0 Å². The number of hydrogen-bond acceptors (Lipinski definition) is 13. The van der Waals surface area contributed by atoms with Crippen molar-refractivity contribution < 1.29 is 64.6 Å². The van der Waals surface area contributed by atoms with Crippen molar-refractivity contribution in [1.29, 1.82) is 0 Å². The summed E-state index contributed by atoms with van der Waals surface area (Å²) in [5.41, 5.74) is 0. The molecule has 2 fully saturated rings. The van der Waals surface area contributed by atoms with Crippen LogP contribution in [0.4, 0.5) is 0 Å². The Hall–Kier alpha value is -3.87. The van der Waals surface area contributed by atoms with Crippen LogP contribution in [0.1, 0.15) is 168 Å². The number of amides is 1. The van der Waals surface area contributed by atoms with Crippen LogP contribution in [-0.4, -0.2) is 140 Å². The smallest absolute Gasteiger partial charge is 0.220 e. The number of aliphatic hydroxyl groups is 8. The third-order valence-corrected chi connectivity index (χ3v) is 13.3. The maximum Gasteiger partial charge on any atom is 0.220 e. The molecule has 0 radical (unpaired) electrons. The first kappa shape index (κ1) is 70.2. The van der Waals surface area contributed by atoms with Crippen LogP contribution < -0.4 is 5.32 Å². The lowest BCUT2D eigenvalue weighted by atomic mass is 9.97. The molecule has 0 bridgehead atoms. The minimum absolute atomic E-state index is 0.241. The van der Waals surface area contributed by atoms with Crippen molar-refractivity contribution in [3.63, 3.8) is 0 Å². The highest BCUT2D eigenvalue weighted by Gasteiger charge is 2.51. The number of allylic oxidation sites excluding steroid dienone is 21. The molecule has 0 aliphatic carbocycles. The number of carbonyl (C=O) groups is 1. The number of rotatable bonds is 44. The Bertz CT molecular complexity index is 1820. The van der Waals surface area contributed by atoms with Gasteiger partial charge in [-0.25, -0.2) is 0 Å².